The van der Waals surface area contributed by atoms with Gasteiger partial charge < -0.3 is 10.2 Å². The van der Waals surface area contributed by atoms with E-state index in [0.717, 1.165) is 42.0 Å². The molecule has 1 aliphatic heterocycles. The van der Waals surface area contributed by atoms with Crippen LogP contribution in [0.4, 0.5) is 10.5 Å². The predicted molar refractivity (Wildman–Crippen MR) is 99.3 cm³/mol. The van der Waals surface area contributed by atoms with Crippen LogP contribution in [-0.4, -0.2) is 47.0 Å². The van der Waals surface area contributed by atoms with Gasteiger partial charge in [-0.15, -0.1) is 0 Å². The fraction of sp³-hybridized carbons (Fsp3) is 0.294. The number of nitrogens with one attached hydrogen (secondary N) is 1. The molecule has 1 aliphatic rings. The molecule has 0 unspecified atom stereocenters. The van der Waals surface area contributed by atoms with Crippen LogP contribution in [0.2, 0.25) is 0 Å². The lowest BCUT2D eigenvalue weighted by Crippen LogP contribution is -2.49. The maximum atomic E-state index is 12.3. The quantitative estimate of drug-likeness (QED) is 0.774. The van der Waals surface area contributed by atoms with Gasteiger partial charge in [0, 0.05) is 54.4 Å². The molecule has 0 bridgehead atoms. The number of aromatic nitrogens is 1. The first kappa shape index (κ1) is 16.2. The molecule has 5 nitrogen and oxygen atoms in total. The lowest BCUT2D eigenvalue weighted by molar-refractivity contribution is 0.143. The minimum atomic E-state index is -0.0187. The van der Waals surface area contributed by atoms with Crippen molar-refractivity contribution in [2.24, 2.45) is 0 Å². The van der Waals surface area contributed by atoms with Crippen LogP contribution >= 0.6 is 22.6 Å². The zero-order chi connectivity index (χ0) is 16.1. The Bertz CT molecular complexity index is 639. The summed E-state index contributed by atoms with van der Waals surface area (Å²) in [5, 5.41) is 2.96. The zero-order valence-corrected chi connectivity index (χ0v) is 14.9. The van der Waals surface area contributed by atoms with Crippen LogP contribution in [0.25, 0.3) is 0 Å². The van der Waals surface area contributed by atoms with E-state index in [4.69, 9.17) is 0 Å². The number of nitrogens with zero attached hydrogens (tertiary/aromatic N) is 3. The molecule has 1 fully saturated rings. The van der Waals surface area contributed by atoms with Crippen molar-refractivity contribution in [2.45, 2.75) is 6.54 Å². The van der Waals surface area contributed by atoms with Crippen LogP contribution in [-0.2, 0) is 6.54 Å². The zero-order valence-electron chi connectivity index (χ0n) is 12.8. The summed E-state index contributed by atoms with van der Waals surface area (Å²) in [6.07, 6.45) is 3.64. The van der Waals surface area contributed by atoms with E-state index < -0.39 is 0 Å². The highest BCUT2D eigenvalue weighted by molar-refractivity contribution is 14.1. The summed E-state index contributed by atoms with van der Waals surface area (Å²) in [4.78, 5) is 20.6. The standard InChI is InChI=1S/C17H19IN4O/c18-15-1-3-16(4-2-15)20-17(23)22-11-9-21(10-12-22)13-14-5-7-19-8-6-14/h1-8H,9-13H2,(H,20,23). The van der Waals surface area contributed by atoms with Gasteiger partial charge in [0.2, 0.25) is 0 Å². The van der Waals surface area contributed by atoms with E-state index in [-0.39, 0.29) is 6.03 Å². The van der Waals surface area contributed by atoms with Crippen molar-refractivity contribution in [3.63, 3.8) is 0 Å². The van der Waals surface area contributed by atoms with Crippen LogP contribution in [0.3, 0.4) is 0 Å². The number of benzene rings is 1. The Balaban J connectivity index is 1.48. The predicted octanol–water partition coefficient (Wildman–Crippen LogP) is 3.04. The van der Waals surface area contributed by atoms with Crippen molar-refractivity contribution in [3.8, 4) is 0 Å². The van der Waals surface area contributed by atoms with Gasteiger partial charge in [-0.25, -0.2) is 4.79 Å². The van der Waals surface area contributed by atoms with Gasteiger partial charge in [-0.2, -0.15) is 0 Å². The van der Waals surface area contributed by atoms with E-state index in [1.807, 2.05) is 53.7 Å². The summed E-state index contributed by atoms with van der Waals surface area (Å²) in [5.74, 6) is 0. The number of pyridine rings is 1. The monoisotopic (exact) mass is 422 g/mol. The molecule has 3 rings (SSSR count). The number of hydrogen-bond acceptors (Lipinski definition) is 3. The van der Waals surface area contributed by atoms with Gasteiger partial charge in [-0.3, -0.25) is 9.88 Å². The smallest absolute Gasteiger partial charge is 0.321 e. The number of rotatable bonds is 3. The number of hydrogen-bond donors (Lipinski definition) is 1. The minimum Gasteiger partial charge on any atom is -0.322 e. The molecular weight excluding hydrogens is 403 g/mol. The highest BCUT2D eigenvalue weighted by Crippen LogP contribution is 2.13. The summed E-state index contributed by atoms with van der Waals surface area (Å²) in [6, 6.07) is 11.9. The Labute approximate surface area is 149 Å². The second kappa shape index (κ2) is 7.74. The lowest BCUT2D eigenvalue weighted by atomic mass is 10.2. The number of carbonyl (C=O) groups is 1. The maximum absolute atomic E-state index is 12.3. The molecule has 6 heteroatoms. The molecule has 23 heavy (non-hydrogen) atoms. The fourth-order valence-electron chi connectivity index (χ4n) is 2.59. The Morgan fingerprint density at radius 3 is 2.35 bits per heavy atom. The lowest BCUT2D eigenvalue weighted by Gasteiger charge is -2.34. The molecule has 120 valence electrons. The number of urea groups is 1. The SMILES string of the molecule is O=C(Nc1ccc(I)cc1)N1CCN(Cc2ccncc2)CC1. The molecule has 0 spiro atoms. The average molecular weight is 422 g/mol. The minimum absolute atomic E-state index is 0.0187. The number of piperazine rings is 1. The van der Waals surface area contributed by atoms with Crippen LogP contribution < -0.4 is 5.32 Å². The largest absolute Gasteiger partial charge is 0.322 e. The van der Waals surface area contributed by atoms with Gasteiger partial charge in [0.15, 0.2) is 0 Å². The fourth-order valence-corrected chi connectivity index (χ4v) is 2.95. The Kier molecular flexibility index (Phi) is 5.45. The van der Waals surface area contributed by atoms with Gasteiger partial charge in [0.1, 0.15) is 0 Å². The second-order valence-corrected chi connectivity index (χ2v) is 6.80. The molecule has 2 amide bonds. The van der Waals surface area contributed by atoms with E-state index in [1.165, 1.54) is 5.56 Å². The summed E-state index contributed by atoms with van der Waals surface area (Å²) in [5.41, 5.74) is 2.10. The first-order valence-electron chi connectivity index (χ1n) is 7.63. The third kappa shape index (κ3) is 4.65. The molecule has 1 saturated heterocycles. The molecule has 1 N–H and O–H groups in total. The molecule has 0 saturated carbocycles. The molecule has 2 heterocycles. The Hall–Kier alpha value is -1.67. The van der Waals surface area contributed by atoms with Crippen LogP contribution in [0.1, 0.15) is 5.56 Å². The molecule has 0 radical (unpaired) electrons. The number of carbonyl (C=O) groups excluding carboxylic acids is 1. The number of anilines is 1. The van der Waals surface area contributed by atoms with E-state index >= 15 is 0 Å². The second-order valence-electron chi connectivity index (χ2n) is 5.56. The highest BCUT2D eigenvalue weighted by Gasteiger charge is 2.21. The Morgan fingerprint density at radius 1 is 1.04 bits per heavy atom. The van der Waals surface area contributed by atoms with Crippen LogP contribution in [0, 0.1) is 3.57 Å². The van der Waals surface area contributed by atoms with E-state index in [2.05, 4.69) is 37.8 Å². The van der Waals surface area contributed by atoms with Gasteiger partial charge in [-0.1, -0.05) is 0 Å². The van der Waals surface area contributed by atoms with E-state index in [0.29, 0.717) is 0 Å². The van der Waals surface area contributed by atoms with Crippen molar-refractivity contribution in [1.82, 2.24) is 14.8 Å². The summed E-state index contributed by atoms with van der Waals surface area (Å²) < 4.78 is 1.16. The van der Waals surface area contributed by atoms with Crippen molar-refractivity contribution >= 4 is 34.3 Å². The van der Waals surface area contributed by atoms with E-state index in [1.54, 1.807) is 0 Å². The average Bonchev–Trinajstić information content (AvgIpc) is 2.58. The summed E-state index contributed by atoms with van der Waals surface area (Å²) >= 11 is 2.25. The first-order chi connectivity index (χ1) is 11.2. The van der Waals surface area contributed by atoms with Crippen molar-refractivity contribution in [1.29, 1.82) is 0 Å². The molecule has 0 aliphatic carbocycles. The van der Waals surface area contributed by atoms with E-state index in [9.17, 15) is 4.79 Å². The summed E-state index contributed by atoms with van der Waals surface area (Å²) in [7, 11) is 0. The van der Waals surface area contributed by atoms with Gasteiger partial charge in [-0.05, 0) is 64.6 Å². The number of amides is 2. The first-order valence-corrected chi connectivity index (χ1v) is 8.71. The molecule has 1 aromatic heterocycles. The molecule has 1 aromatic carbocycles. The van der Waals surface area contributed by atoms with Gasteiger partial charge in [0.25, 0.3) is 0 Å². The third-order valence-electron chi connectivity index (χ3n) is 3.91. The van der Waals surface area contributed by atoms with Gasteiger partial charge in [0.05, 0.1) is 0 Å². The van der Waals surface area contributed by atoms with Crippen molar-refractivity contribution in [3.05, 3.63) is 57.9 Å². The topological polar surface area (TPSA) is 48.5 Å². The maximum Gasteiger partial charge on any atom is 0.321 e. The molecule has 2 aromatic rings. The molecule has 0 atom stereocenters. The van der Waals surface area contributed by atoms with Crippen LogP contribution in [0.15, 0.2) is 48.8 Å². The normalized spacial score (nSPS) is 15.4. The van der Waals surface area contributed by atoms with Crippen LogP contribution in [0.5, 0.6) is 0 Å². The molecular formula is C17H19IN4O. The van der Waals surface area contributed by atoms with Crippen molar-refractivity contribution < 1.29 is 4.79 Å². The van der Waals surface area contributed by atoms with Gasteiger partial charge >= 0.3 is 6.03 Å². The summed E-state index contributed by atoms with van der Waals surface area (Å²) in [6.45, 7) is 4.20. The Morgan fingerprint density at radius 2 is 1.70 bits per heavy atom. The van der Waals surface area contributed by atoms with Crippen molar-refractivity contribution in [2.75, 3.05) is 31.5 Å². The third-order valence-corrected chi connectivity index (χ3v) is 4.63. The highest BCUT2D eigenvalue weighted by atomic mass is 127. The number of halogens is 1.